The van der Waals surface area contributed by atoms with Crippen LogP contribution in [0.1, 0.15) is 51.9 Å². The summed E-state index contributed by atoms with van der Waals surface area (Å²) in [6.07, 6.45) is 5.64. The summed E-state index contributed by atoms with van der Waals surface area (Å²) in [5.41, 5.74) is 0. The summed E-state index contributed by atoms with van der Waals surface area (Å²) in [6.45, 7) is 2.43. The number of carbonyl (C=O) groups is 3. The minimum absolute atomic E-state index is 0.0212. The highest BCUT2D eigenvalue weighted by atomic mass is 16.2. The molecule has 0 unspecified atom stereocenters. The molecule has 2 aliphatic rings. The van der Waals surface area contributed by atoms with E-state index >= 15 is 0 Å². The van der Waals surface area contributed by atoms with Crippen molar-refractivity contribution in [1.29, 1.82) is 0 Å². The van der Waals surface area contributed by atoms with Crippen molar-refractivity contribution < 1.29 is 14.4 Å². The zero-order valence-electron chi connectivity index (χ0n) is 13.6. The third-order valence-corrected chi connectivity index (χ3v) is 4.60. The van der Waals surface area contributed by atoms with E-state index in [-0.39, 0.29) is 42.1 Å². The Bertz CT molecular complexity index is 432. The summed E-state index contributed by atoms with van der Waals surface area (Å²) < 4.78 is 0. The summed E-state index contributed by atoms with van der Waals surface area (Å²) in [4.78, 5) is 37.1. The van der Waals surface area contributed by atoms with Crippen molar-refractivity contribution in [2.75, 3.05) is 13.6 Å². The van der Waals surface area contributed by atoms with Gasteiger partial charge in [-0.25, -0.2) is 0 Å². The molecule has 0 aromatic heterocycles. The number of hydrogen-bond acceptors (Lipinski definition) is 3. The lowest BCUT2D eigenvalue weighted by Gasteiger charge is -2.30. The molecule has 0 aromatic rings. The van der Waals surface area contributed by atoms with Gasteiger partial charge in [0.2, 0.25) is 17.7 Å². The Balaban J connectivity index is 1.69. The zero-order valence-corrected chi connectivity index (χ0v) is 13.6. The number of hydrogen-bond donors (Lipinski definition) is 2. The van der Waals surface area contributed by atoms with Gasteiger partial charge in [0.15, 0.2) is 0 Å². The first-order valence-electron chi connectivity index (χ1n) is 8.29. The Morgan fingerprint density at radius 3 is 2.59 bits per heavy atom. The van der Waals surface area contributed by atoms with Crippen LogP contribution in [0.25, 0.3) is 0 Å². The van der Waals surface area contributed by atoms with Crippen LogP contribution in [-0.2, 0) is 14.4 Å². The Morgan fingerprint density at radius 2 is 1.95 bits per heavy atom. The van der Waals surface area contributed by atoms with E-state index in [1.165, 1.54) is 0 Å². The maximum Gasteiger partial charge on any atom is 0.223 e. The number of nitrogens with zero attached hydrogens (tertiary/aromatic N) is 1. The average molecular weight is 309 g/mol. The molecule has 0 aromatic carbocycles. The van der Waals surface area contributed by atoms with Gasteiger partial charge < -0.3 is 15.5 Å². The fourth-order valence-electron chi connectivity index (χ4n) is 3.29. The normalized spacial score (nSPS) is 24.2. The fourth-order valence-corrected chi connectivity index (χ4v) is 3.29. The lowest BCUT2D eigenvalue weighted by molar-refractivity contribution is -0.134. The number of amides is 3. The first kappa shape index (κ1) is 16.8. The Labute approximate surface area is 132 Å². The second-order valence-electron chi connectivity index (χ2n) is 6.67. The molecule has 3 amide bonds. The summed E-state index contributed by atoms with van der Waals surface area (Å²) >= 11 is 0. The van der Waals surface area contributed by atoms with Gasteiger partial charge in [-0.15, -0.1) is 0 Å². The Morgan fingerprint density at radius 1 is 1.27 bits per heavy atom. The average Bonchev–Trinajstić information content (AvgIpc) is 2.96. The number of carbonyl (C=O) groups excluding carboxylic acids is 3. The molecule has 1 saturated heterocycles. The number of likely N-dealkylation sites (N-methyl/N-ethyl adjacent to an activating group) is 1. The molecule has 1 heterocycles. The molecule has 6 nitrogen and oxygen atoms in total. The van der Waals surface area contributed by atoms with E-state index in [1.54, 1.807) is 11.9 Å². The summed E-state index contributed by atoms with van der Waals surface area (Å²) in [6, 6.07) is -0.135. The predicted octanol–water partition coefficient (Wildman–Crippen LogP) is 0.808. The summed E-state index contributed by atoms with van der Waals surface area (Å²) in [7, 11) is 1.76. The van der Waals surface area contributed by atoms with E-state index in [2.05, 4.69) is 10.6 Å². The van der Waals surface area contributed by atoms with Gasteiger partial charge in [-0.05, 0) is 26.2 Å². The summed E-state index contributed by atoms with van der Waals surface area (Å²) in [5.74, 6) is 0.277. The zero-order chi connectivity index (χ0) is 16.1. The van der Waals surface area contributed by atoms with Gasteiger partial charge in [0.05, 0.1) is 0 Å². The van der Waals surface area contributed by atoms with Gasteiger partial charge in [0.25, 0.3) is 0 Å². The van der Waals surface area contributed by atoms with Gasteiger partial charge >= 0.3 is 0 Å². The lowest BCUT2D eigenvalue weighted by Crippen LogP contribution is -2.49. The molecule has 0 radical (unpaired) electrons. The lowest BCUT2D eigenvalue weighted by atomic mass is 10.0. The molecule has 2 fully saturated rings. The molecule has 2 atom stereocenters. The second kappa shape index (κ2) is 7.61. The van der Waals surface area contributed by atoms with Crippen molar-refractivity contribution >= 4 is 17.7 Å². The van der Waals surface area contributed by atoms with Crippen LogP contribution in [0, 0.1) is 5.92 Å². The Kier molecular flexibility index (Phi) is 5.80. The molecule has 1 aliphatic carbocycles. The van der Waals surface area contributed by atoms with Crippen molar-refractivity contribution in [1.82, 2.24) is 15.5 Å². The summed E-state index contributed by atoms with van der Waals surface area (Å²) in [5, 5.41) is 5.90. The molecule has 0 spiro atoms. The molecule has 22 heavy (non-hydrogen) atoms. The topological polar surface area (TPSA) is 78.5 Å². The Hall–Kier alpha value is -1.59. The minimum Gasteiger partial charge on any atom is -0.353 e. The van der Waals surface area contributed by atoms with Gasteiger partial charge in [0, 0.05) is 44.4 Å². The molecule has 2 N–H and O–H groups in total. The van der Waals surface area contributed by atoms with Crippen LogP contribution in [0.5, 0.6) is 0 Å². The van der Waals surface area contributed by atoms with Crippen LogP contribution < -0.4 is 10.6 Å². The van der Waals surface area contributed by atoms with Crippen molar-refractivity contribution in [3.05, 3.63) is 0 Å². The highest BCUT2D eigenvalue weighted by Crippen LogP contribution is 2.24. The van der Waals surface area contributed by atoms with Crippen LogP contribution in [0.2, 0.25) is 0 Å². The molecule has 2 rings (SSSR count). The molecular weight excluding hydrogens is 282 g/mol. The number of piperidine rings is 1. The van der Waals surface area contributed by atoms with Gasteiger partial charge in [0.1, 0.15) is 0 Å². The first-order valence-corrected chi connectivity index (χ1v) is 8.29. The number of rotatable bonds is 5. The SMILES string of the molecule is C[C@@H](CC(=O)N[C@@H]1CCC(=O)N(C)C1)NC(=O)C1CCCC1. The third-order valence-electron chi connectivity index (χ3n) is 4.60. The largest absolute Gasteiger partial charge is 0.353 e. The van der Waals surface area contributed by atoms with Gasteiger partial charge in [-0.2, -0.15) is 0 Å². The number of nitrogens with one attached hydrogen (secondary N) is 2. The van der Waals surface area contributed by atoms with Crippen LogP contribution in [0.4, 0.5) is 0 Å². The second-order valence-corrected chi connectivity index (χ2v) is 6.67. The standard InChI is InChI=1S/C16H27N3O3/c1-11(17-16(22)12-5-3-4-6-12)9-14(20)18-13-7-8-15(21)19(2)10-13/h11-13H,3-10H2,1-2H3,(H,17,22)(H,18,20)/t11-,13+/m0/s1. The molecule has 6 heteroatoms. The van der Waals surface area contributed by atoms with Crippen LogP contribution in [-0.4, -0.2) is 48.3 Å². The van der Waals surface area contributed by atoms with Crippen LogP contribution in [0.3, 0.4) is 0 Å². The quantitative estimate of drug-likeness (QED) is 0.789. The molecule has 1 saturated carbocycles. The monoisotopic (exact) mass is 309 g/mol. The molecule has 124 valence electrons. The number of likely N-dealkylation sites (tertiary alicyclic amines) is 1. The minimum atomic E-state index is -0.156. The van der Waals surface area contributed by atoms with Crippen molar-refractivity contribution in [3.63, 3.8) is 0 Å². The molecule has 0 bridgehead atoms. The maximum absolute atomic E-state index is 12.0. The highest BCUT2D eigenvalue weighted by Gasteiger charge is 2.26. The van der Waals surface area contributed by atoms with E-state index in [0.29, 0.717) is 19.4 Å². The van der Waals surface area contributed by atoms with E-state index in [1.807, 2.05) is 6.92 Å². The van der Waals surface area contributed by atoms with E-state index in [4.69, 9.17) is 0 Å². The van der Waals surface area contributed by atoms with Crippen LogP contribution >= 0.6 is 0 Å². The van der Waals surface area contributed by atoms with E-state index in [9.17, 15) is 14.4 Å². The fraction of sp³-hybridized carbons (Fsp3) is 0.812. The van der Waals surface area contributed by atoms with Crippen molar-refractivity contribution in [2.24, 2.45) is 5.92 Å². The highest BCUT2D eigenvalue weighted by molar-refractivity contribution is 5.82. The first-order chi connectivity index (χ1) is 10.5. The van der Waals surface area contributed by atoms with E-state index < -0.39 is 0 Å². The molecule has 1 aliphatic heterocycles. The molecular formula is C16H27N3O3. The smallest absolute Gasteiger partial charge is 0.223 e. The van der Waals surface area contributed by atoms with Crippen LogP contribution in [0.15, 0.2) is 0 Å². The van der Waals surface area contributed by atoms with Gasteiger partial charge in [-0.1, -0.05) is 12.8 Å². The predicted molar refractivity (Wildman–Crippen MR) is 83.0 cm³/mol. The van der Waals surface area contributed by atoms with Gasteiger partial charge in [-0.3, -0.25) is 14.4 Å². The maximum atomic E-state index is 12.0. The van der Waals surface area contributed by atoms with E-state index in [0.717, 1.165) is 25.7 Å². The van der Waals surface area contributed by atoms with Crippen molar-refractivity contribution in [2.45, 2.75) is 64.0 Å². The van der Waals surface area contributed by atoms with Crippen molar-refractivity contribution in [3.8, 4) is 0 Å². The third kappa shape index (κ3) is 4.71.